The van der Waals surface area contributed by atoms with Crippen molar-refractivity contribution in [2.24, 2.45) is 7.05 Å². The SMILES string of the molecule is Cn1ccnc1CCNC(=O)c1ccc(N)c(O)c1. The van der Waals surface area contributed by atoms with E-state index in [4.69, 9.17) is 5.73 Å². The summed E-state index contributed by atoms with van der Waals surface area (Å²) in [5.74, 6) is 0.571. The summed E-state index contributed by atoms with van der Waals surface area (Å²) in [5.41, 5.74) is 6.11. The van der Waals surface area contributed by atoms with E-state index < -0.39 is 0 Å². The summed E-state index contributed by atoms with van der Waals surface area (Å²) < 4.78 is 1.90. The van der Waals surface area contributed by atoms with Crippen LogP contribution in [-0.2, 0) is 13.5 Å². The van der Waals surface area contributed by atoms with Gasteiger partial charge in [0.25, 0.3) is 5.91 Å². The van der Waals surface area contributed by atoms with Gasteiger partial charge in [-0.15, -0.1) is 0 Å². The Hall–Kier alpha value is -2.50. The van der Waals surface area contributed by atoms with Gasteiger partial charge < -0.3 is 20.7 Å². The molecular formula is C13H16N4O2. The molecule has 1 aromatic heterocycles. The van der Waals surface area contributed by atoms with Crippen molar-refractivity contribution in [2.75, 3.05) is 12.3 Å². The van der Waals surface area contributed by atoms with Gasteiger partial charge in [0.15, 0.2) is 0 Å². The molecule has 0 radical (unpaired) electrons. The van der Waals surface area contributed by atoms with Crippen LogP contribution in [-0.4, -0.2) is 27.1 Å². The molecule has 0 saturated heterocycles. The van der Waals surface area contributed by atoms with Crippen molar-refractivity contribution in [1.29, 1.82) is 0 Å². The molecule has 0 spiro atoms. The number of rotatable bonds is 4. The van der Waals surface area contributed by atoms with Gasteiger partial charge in [0.2, 0.25) is 0 Å². The minimum Gasteiger partial charge on any atom is -0.506 e. The van der Waals surface area contributed by atoms with E-state index >= 15 is 0 Å². The highest BCUT2D eigenvalue weighted by molar-refractivity contribution is 5.95. The Bertz CT molecular complexity index is 592. The van der Waals surface area contributed by atoms with Crippen LogP contribution in [0.25, 0.3) is 0 Å². The number of aromatic nitrogens is 2. The smallest absolute Gasteiger partial charge is 0.251 e. The van der Waals surface area contributed by atoms with Crippen LogP contribution in [0.5, 0.6) is 5.75 Å². The Balaban J connectivity index is 1.91. The molecule has 0 bridgehead atoms. The summed E-state index contributed by atoms with van der Waals surface area (Å²) in [7, 11) is 1.90. The Labute approximate surface area is 110 Å². The molecule has 2 aromatic rings. The van der Waals surface area contributed by atoms with Crippen LogP contribution in [0, 0.1) is 0 Å². The number of nitrogens with one attached hydrogen (secondary N) is 1. The van der Waals surface area contributed by atoms with Crippen molar-refractivity contribution in [3.63, 3.8) is 0 Å². The molecule has 0 unspecified atom stereocenters. The van der Waals surface area contributed by atoms with Gasteiger partial charge in [-0.2, -0.15) is 0 Å². The minimum absolute atomic E-state index is 0.0863. The number of aryl methyl sites for hydroxylation is 1. The lowest BCUT2D eigenvalue weighted by Crippen LogP contribution is -2.26. The largest absolute Gasteiger partial charge is 0.506 e. The number of anilines is 1. The topological polar surface area (TPSA) is 93.2 Å². The second kappa shape index (κ2) is 5.43. The number of nitrogen functional groups attached to an aromatic ring is 1. The summed E-state index contributed by atoms with van der Waals surface area (Å²) >= 11 is 0. The van der Waals surface area contributed by atoms with E-state index in [0.29, 0.717) is 18.5 Å². The first-order chi connectivity index (χ1) is 9.08. The fourth-order valence-electron chi connectivity index (χ4n) is 1.71. The van der Waals surface area contributed by atoms with Gasteiger partial charge in [-0.05, 0) is 18.2 Å². The number of carbonyl (C=O) groups excluding carboxylic acids is 1. The Morgan fingerprint density at radius 1 is 1.53 bits per heavy atom. The van der Waals surface area contributed by atoms with Crippen LogP contribution >= 0.6 is 0 Å². The lowest BCUT2D eigenvalue weighted by atomic mass is 10.2. The number of phenols is 1. The summed E-state index contributed by atoms with van der Waals surface area (Å²) in [4.78, 5) is 16.0. The van der Waals surface area contributed by atoms with Crippen molar-refractivity contribution < 1.29 is 9.90 Å². The molecule has 1 heterocycles. The van der Waals surface area contributed by atoms with Gasteiger partial charge in [0.05, 0.1) is 5.69 Å². The highest BCUT2D eigenvalue weighted by atomic mass is 16.3. The first kappa shape index (κ1) is 12.9. The second-order valence-electron chi connectivity index (χ2n) is 4.23. The van der Waals surface area contributed by atoms with Crippen LogP contribution in [0.2, 0.25) is 0 Å². The quantitative estimate of drug-likeness (QED) is 0.556. The van der Waals surface area contributed by atoms with Crippen LogP contribution in [0.15, 0.2) is 30.6 Å². The first-order valence-corrected chi connectivity index (χ1v) is 5.91. The zero-order chi connectivity index (χ0) is 13.8. The molecule has 0 saturated carbocycles. The maximum atomic E-state index is 11.8. The predicted octanol–water partition coefficient (Wildman–Crippen LogP) is 0.680. The number of hydrogen-bond acceptors (Lipinski definition) is 4. The van der Waals surface area contributed by atoms with Gasteiger partial charge in [0.1, 0.15) is 11.6 Å². The van der Waals surface area contributed by atoms with Gasteiger partial charge in [-0.1, -0.05) is 0 Å². The van der Waals surface area contributed by atoms with E-state index in [1.165, 1.54) is 12.1 Å². The molecule has 1 amide bonds. The summed E-state index contributed by atoms with van der Waals surface area (Å²) in [5, 5.41) is 12.2. The maximum Gasteiger partial charge on any atom is 0.251 e. The standard InChI is InChI=1S/C13H16N4O2/c1-17-7-6-15-12(17)4-5-16-13(19)9-2-3-10(14)11(18)8-9/h2-3,6-8,18H,4-5,14H2,1H3,(H,16,19). The number of phenolic OH excluding ortho intramolecular Hbond substituents is 1. The van der Waals surface area contributed by atoms with Crippen molar-refractivity contribution in [3.05, 3.63) is 42.0 Å². The fraction of sp³-hybridized carbons (Fsp3) is 0.231. The van der Waals surface area contributed by atoms with Gasteiger partial charge in [-0.25, -0.2) is 4.98 Å². The number of nitrogens with two attached hydrogens (primary N) is 1. The average Bonchev–Trinajstić information content (AvgIpc) is 2.78. The molecule has 0 atom stereocenters. The first-order valence-electron chi connectivity index (χ1n) is 5.91. The van der Waals surface area contributed by atoms with Crippen molar-refractivity contribution >= 4 is 11.6 Å². The van der Waals surface area contributed by atoms with Crippen molar-refractivity contribution in [3.8, 4) is 5.75 Å². The number of benzene rings is 1. The molecule has 6 nitrogen and oxygen atoms in total. The predicted molar refractivity (Wildman–Crippen MR) is 71.8 cm³/mol. The third kappa shape index (κ3) is 3.04. The summed E-state index contributed by atoms with van der Waals surface area (Å²) in [6, 6.07) is 4.43. The zero-order valence-electron chi connectivity index (χ0n) is 10.6. The zero-order valence-corrected chi connectivity index (χ0v) is 10.6. The third-order valence-corrected chi connectivity index (χ3v) is 2.85. The molecule has 0 aliphatic rings. The number of nitrogens with zero attached hydrogens (tertiary/aromatic N) is 2. The summed E-state index contributed by atoms with van der Waals surface area (Å²) in [6.45, 7) is 0.481. The van der Waals surface area contributed by atoms with E-state index in [1.807, 2.05) is 17.8 Å². The number of amides is 1. The van der Waals surface area contributed by atoms with Crippen molar-refractivity contribution in [1.82, 2.24) is 14.9 Å². The van der Waals surface area contributed by atoms with Gasteiger partial charge >= 0.3 is 0 Å². The molecule has 19 heavy (non-hydrogen) atoms. The van der Waals surface area contributed by atoms with Crippen LogP contribution in [0.1, 0.15) is 16.2 Å². The van der Waals surface area contributed by atoms with E-state index in [-0.39, 0.29) is 17.3 Å². The molecule has 4 N–H and O–H groups in total. The lowest BCUT2D eigenvalue weighted by molar-refractivity contribution is 0.0953. The second-order valence-corrected chi connectivity index (χ2v) is 4.23. The van der Waals surface area contributed by atoms with Gasteiger partial charge in [0, 0.05) is 38.0 Å². The number of carbonyl (C=O) groups is 1. The maximum absolute atomic E-state index is 11.8. The minimum atomic E-state index is -0.246. The van der Waals surface area contributed by atoms with Gasteiger partial charge in [-0.3, -0.25) is 4.79 Å². The molecular weight excluding hydrogens is 244 g/mol. The molecule has 0 fully saturated rings. The van der Waals surface area contributed by atoms with Crippen molar-refractivity contribution in [2.45, 2.75) is 6.42 Å². The molecule has 0 aliphatic heterocycles. The van der Waals surface area contributed by atoms with E-state index in [0.717, 1.165) is 5.82 Å². The molecule has 100 valence electrons. The Morgan fingerprint density at radius 3 is 2.95 bits per heavy atom. The molecule has 0 aliphatic carbocycles. The number of hydrogen-bond donors (Lipinski definition) is 3. The van der Waals surface area contributed by atoms with Crippen LogP contribution < -0.4 is 11.1 Å². The molecule has 6 heteroatoms. The Morgan fingerprint density at radius 2 is 2.32 bits per heavy atom. The van der Waals surface area contributed by atoms with E-state index in [9.17, 15) is 9.90 Å². The van der Waals surface area contributed by atoms with Crippen LogP contribution in [0.4, 0.5) is 5.69 Å². The third-order valence-electron chi connectivity index (χ3n) is 2.85. The summed E-state index contributed by atoms with van der Waals surface area (Å²) in [6.07, 6.45) is 4.22. The van der Waals surface area contributed by atoms with Crippen LogP contribution in [0.3, 0.4) is 0 Å². The molecule has 1 aromatic carbocycles. The highest BCUT2D eigenvalue weighted by Gasteiger charge is 2.08. The van der Waals surface area contributed by atoms with E-state index in [1.54, 1.807) is 12.3 Å². The Kier molecular flexibility index (Phi) is 3.70. The normalized spacial score (nSPS) is 10.4. The fourth-order valence-corrected chi connectivity index (χ4v) is 1.71. The number of imidazole rings is 1. The molecule has 2 rings (SSSR count). The highest BCUT2D eigenvalue weighted by Crippen LogP contribution is 2.20. The monoisotopic (exact) mass is 260 g/mol. The average molecular weight is 260 g/mol. The number of aromatic hydroxyl groups is 1. The van der Waals surface area contributed by atoms with E-state index in [2.05, 4.69) is 10.3 Å². The lowest BCUT2D eigenvalue weighted by Gasteiger charge is -2.06.